The van der Waals surface area contributed by atoms with Gasteiger partial charge < -0.3 is 14.4 Å². The maximum Gasteiger partial charge on any atom is 0.335 e. The van der Waals surface area contributed by atoms with Gasteiger partial charge in [-0.25, -0.2) is 9.78 Å². The molecule has 0 aliphatic carbocycles. The highest BCUT2D eigenvalue weighted by Gasteiger charge is 2.04. The van der Waals surface area contributed by atoms with E-state index in [2.05, 4.69) is 4.98 Å². The van der Waals surface area contributed by atoms with Gasteiger partial charge in [-0.1, -0.05) is 6.07 Å². The number of ether oxygens (including phenoxy) is 1. The molecule has 5 heteroatoms. The van der Waals surface area contributed by atoms with Crippen molar-refractivity contribution in [3.05, 3.63) is 48.0 Å². The summed E-state index contributed by atoms with van der Waals surface area (Å²) in [5, 5.41) is 8.84. The molecule has 0 aliphatic heterocycles. The van der Waals surface area contributed by atoms with Crippen LogP contribution in [0.5, 0.6) is 5.75 Å². The summed E-state index contributed by atoms with van der Waals surface area (Å²) in [6.07, 6.45) is 3.40. The zero-order chi connectivity index (χ0) is 12.3. The Morgan fingerprint density at radius 3 is 3.00 bits per heavy atom. The maximum atomic E-state index is 10.8. The van der Waals surface area contributed by atoms with E-state index >= 15 is 0 Å². The Hall–Kier alpha value is -2.30. The second kappa shape index (κ2) is 4.69. The normalized spacial score (nSPS) is 10.2. The molecule has 0 fully saturated rings. The molecule has 2 rings (SSSR count). The monoisotopic (exact) mass is 232 g/mol. The molecule has 2 aromatic rings. The van der Waals surface area contributed by atoms with Crippen molar-refractivity contribution in [3.63, 3.8) is 0 Å². The number of rotatable bonds is 4. The van der Waals surface area contributed by atoms with Crippen LogP contribution < -0.4 is 4.74 Å². The molecule has 1 aromatic carbocycles. The molecule has 0 radical (unpaired) electrons. The van der Waals surface area contributed by atoms with Crippen molar-refractivity contribution in [1.29, 1.82) is 0 Å². The summed E-state index contributed by atoms with van der Waals surface area (Å²) < 4.78 is 7.35. The molecule has 0 bridgehead atoms. The van der Waals surface area contributed by atoms with E-state index in [1.807, 2.05) is 11.6 Å². The predicted molar refractivity (Wildman–Crippen MR) is 60.9 cm³/mol. The minimum Gasteiger partial charge on any atom is -0.487 e. The number of carboxylic acid groups (broad SMARTS) is 1. The van der Waals surface area contributed by atoms with Crippen molar-refractivity contribution >= 4 is 5.97 Å². The average Bonchev–Trinajstić information content (AvgIpc) is 2.72. The van der Waals surface area contributed by atoms with Gasteiger partial charge in [0.2, 0.25) is 0 Å². The Morgan fingerprint density at radius 1 is 1.53 bits per heavy atom. The van der Waals surface area contributed by atoms with Crippen LogP contribution in [0.3, 0.4) is 0 Å². The number of aryl methyl sites for hydroxylation is 1. The van der Waals surface area contributed by atoms with Gasteiger partial charge in [-0.3, -0.25) is 0 Å². The lowest BCUT2D eigenvalue weighted by Crippen LogP contribution is -2.02. The number of carboxylic acids is 1. The summed E-state index contributed by atoms with van der Waals surface area (Å²) in [5.41, 5.74) is 1.14. The van der Waals surface area contributed by atoms with Crippen molar-refractivity contribution in [2.75, 3.05) is 0 Å². The first-order chi connectivity index (χ1) is 8.16. The summed E-state index contributed by atoms with van der Waals surface area (Å²) in [6.45, 7) is 0.361. The van der Waals surface area contributed by atoms with Crippen molar-refractivity contribution in [2.45, 2.75) is 6.61 Å². The number of hydrogen-bond donors (Lipinski definition) is 1. The first-order valence-corrected chi connectivity index (χ1v) is 5.08. The van der Waals surface area contributed by atoms with Gasteiger partial charge >= 0.3 is 5.97 Å². The molecule has 0 saturated carbocycles. The first kappa shape index (κ1) is 11.2. The lowest BCUT2D eigenvalue weighted by molar-refractivity contribution is 0.0696. The standard InChI is InChI=1S/C12H12N2O3/c1-14-8-13-6-10(14)7-17-11-4-2-3-9(5-11)12(15)16/h2-6,8H,7H2,1H3,(H,15,16). The predicted octanol–water partition coefficient (Wildman–Crippen LogP) is 1.70. The smallest absolute Gasteiger partial charge is 0.335 e. The third-order valence-corrected chi connectivity index (χ3v) is 2.38. The molecule has 0 aliphatic rings. The van der Waals surface area contributed by atoms with Gasteiger partial charge in [-0.2, -0.15) is 0 Å². The Labute approximate surface area is 98.3 Å². The molecule has 0 saturated heterocycles. The molecule has 88 valence electrons. The van der Waals surface area contributed by atoms with E-state index in [4.69, 9.17) is 9.84 Å². The molecule has 0 unspecified atom stereocenters. The molecular formula is C12H12N2O3. The van der Waals surface area contributed by atoms with Crippen LogP contribution in [-0.2, 0) is 13.7 Å². The summed E-state index contributed by atoms with van der Waals surface area (Å²) in [6, 6.07) is 6.41. The number of aromatic nitrogens is 2. The van der Waals surface area contributed by atoms with E-state index < -0.39 is 5.97 Å². The van der Waals surface area contributed by atoms with Crippen molar-refractivity contribution in [3.8, 4) is 5.75 Å². The number of carbonyl (C=O) groups is 1. The number of benzene rings is 1. The quantitative estimate of drug-likeness (QED) is 0.871. The van der Waals surface area contributed by atoms with Crippen LogP contribution in [0.15, 0.2) is 36.8 Å². The van der Waals surface area contributed by atoms with Gasteiger partial charge in [0, 0.05) is 7.05 Å². The van der Waals surface area contributed by atoms with E-state index in [0.717, 1.165) is 5.69 Å². The SMILES string of the molecule is Cn1cncc1COc1cccc(C(=O)O)c1. The fourth-order valence-corrected chi connectivity index (χ4v) is 1.40. The Bertz CT molecular complexity index is 534. The molecule has 0 spiro atoms. The van der Waals surface area contributed by atoms with Crippen molar-refractivity contribution < 1.29 is 14.6 Å². The van der Waals surface area contributed by atoms with E-state index in [1.54, 1.807) is 24.7 Å². The zero-order valence-electron chi connectivity index (χ0n) is 9.33. The molecule has 17 heavy (non-hydrogen) atoms. The fourth-order valence-electron chi connectivity index (χ4n) is 1.40. The average molecular weight is 232 g/mol. The number of imidazole rings is 1. The van der Waals surface area contributed by atoms with Crippen molar-refractivity contribution in [1.82, 2.24) is 9.55 Å². The van der Waals surface area contributed by atoms with Crippen LogP contribution in [0.2, 0.25) is 0 Å². The summed E-state index contributed by atoms with van der Waals surface area (Å²) in [7, 11) is 1.87. The fraction of sp³-hybridized carbons (Fsp3) is 0.167. The van der Waals surface area contributed by atoms with Crippen molar-refractivity contribution in [2.24, 2.45) is 7.05 Å². The van der Waals surface area contributed by atoms with Crippen LogP contribution in [0.25, 0.3) is 0 Å². The summed E-state index contributed by atoms with van der Waals surface area (Å²) >= 11 is 0. The number of nitrogens with zero attached hydrogens (tertiary/aromatic N) is 2. The Morgan fingerprint density at radius 2 is 2.35 bits per heavy atom. The Kier molecular flexibility index (Phi) is 3.09. The van der Waals surface area contributed by atoms with Gasteiger partial charge in [0.25, 0.3) is 0 Å². The third-order valence-electron chi connectivity index (χ3n) is 2.38. The molecule has 1 N–H and O–H groups in total. The minimum absolute atomic E-state index is 0.215. The highest BCUT2D eigenvalue weighted by atomic mass is 16.5. The summed E-state index contributed by atoms with van der Waals surface area (Å²) in [4.78, 5) is 14.7. The third kappa shape index (κ3) is 2.63. The first-order valence-electron chi connectivity index (χ1n) is 5.08. The molecule has 5 nitrogen and oxygen atoms in total. The topological polar surface area (TPSA) is 64.4 Å². The molecule has 0 atom stereocenters. The molecule has 0 amide bonds. The van der Waals surface area contributed by atoms with Gasteiger partial charge in [-0.15, -0.1) is 0 Å². The number of aromatic carboxylic acids is 1. The van der Waals surface area contributed by atoms with Crippen LogP contribution in [0.4, 0.5) is 0 Å². The lowest BCUT2D eigenvalue weighted by Gasteiger charge is -2.06. The Balaban J connectivity index is 2.07. The molecule has 1 aromatic heterocycles. The minimum atomic E-state index is -0.962. The van der Waals surface area contributed by atoms with E-state index in [9.17, 15) is 4.79 Å². The lowest BCUT2D eigenvalue weighted by atomic mass is 10.2. The summed E-state index contributed by atoms with van der Waals surface area (Å²) in [5.74, 6) is -0.429. The second-order valence-corrected chi connectivity index (χ2v) is 3.62. The van der Waals surface area contributed by atoms with E-state index in [0.29, 0.717) is 12.4 Å². The highest BCUT2D eigenvalue weighted by molar-refractivity contribution is 5.87. The van der Waals surface area contributed by atoms with Crippen LogP contribution >= 0.6 is 0 Å². The largest absolute Gasteiger partial charge is 0.487 e. The highest BCUT2D eigenvalue weighted by Crippen LogP contribution is 2.14. The molecule has 1 heterocycles. The maximum absolute atomic E-state index is 10.8. The van der Waals surface area contributed by atoms with Gasteiger partial charge in [-0.05, 0) is 18.2 Å². The van der Waals surface area contributed by atoms with Crippen LogP contribution in [-0.4, -0.2) is 20.6 Å². The van der Waals surface area contributed by atoms with E-state index in [1.165, 1.54) is 12.1 Å². The molecular weight excluding hydrogens is 220 g/mol. The van der Waals surface area contributed by atoms with Gasteiger partial charge in [0.05, 0.1) is 23.8 Å². The number of hydrogen-bond acceptors (Lipinski definition) is 3. The zero-order valence-corrected chi connectivity index (χ0v) is 9.33. The van der Waals surface area contributed by atoms with Crippen LogP contribution in [0, 0.1) is 0 Å². The second-order valence-electron chi connectivity index (χ2n) is 3.62. The van der Waals surface area contributed by atoms with Gasteiger partial charge in [0.15, 0.2) is 0 Å². The van der Waals surface area contributed by atoms with Crippen LogP contribution in [0.1, 0.15) is 16.1 Å². The van der Waals surface area contributed by atoms with E-state index in [-0.39, 0.29) is 5.56 Å². The van der Waals surface area contributed by atoms with Gasteiger partial charge in [0.1, 0.15) is 12.4 Å².